The van der Waals surface area contributed by atoms with Crippen LogP contribution in [-0.2, 0) is 11.0 Å². The van der Waals surface area contributed by atoms with Crippen LogP contribution in [0.5, 0.6) is 0 Å². The molecule has 0 aliphatic rings. The van der Waals surface area contributed by atoms with Gasteiger partial charge in [0.1, 0.15) is 5.69 Å². The lowest BCUT2D eigenvalue weighted by molar-refractivity contribution is -0.141. The van der Waals surface area contributed by atoms with Gasteiger partial charge in [-0.2, -0.15) is 13.2 Å². The third-order valence-electron chi connectivity index (χ3n) is 2.91. The lowest BCUT2D eigenvalue weighted by Gasteiger charge is -2.20. The zero-order valence-electron chi connectivity index (χ0n) is 14.0. The summed E-state index contributed by atoms with van der Waals surface area (Å²) >= 11 is 0.874. The number of alkyl halides is 3. The first kappa shape index (κ1) is 19.2. The van der Waals surface area contributed by atoms with Gasteiger partial charge in [0.25, 0.3) is 0 Å². The molecule has 0 saturated heterocycles. The standard InChI is InChI=1S/C17H18F3N3OS/c1-16(2,3)23-14(24)10-25-15-21-12(11-7-5-4-6-8-11)9-13(22-15)17(18,19)20/h4-9H,10H2,1-3H3,(H,23,24). The molecule has 8 heteroatoms. The molecule has 0 aliphatic carbocycles. The number of amides is 1. The normalized spacial score (nSPS) is 12.1. The SMILES string of the molecule is CC(C)(C)NC(=O)CSc1nc(-c2ccccc2)cc(C(F)(F)F)n1. The minimum absolute atomic E-state index is 0.0627. The van der Waals surface area contributed by atoms with Crippen LogP contribution in [0.3, 0.4) is 0 Å². The molecule has 2 rings (SSSR count). The number of hydrogen-bond acceptors (Lipinski definition) is 4. The van der Waals surface area contributed by atoms with E-state index >= 15 is 0 Å². The predicted octanol–water partition coefficient (Wildman–Crippen LogP) is 4.17. The van der Waals surface area contributed by atoms with Crippen molar-refractivity contribution in [2.45, 2.75) is 37.6 Å². The Kier molecular flexibility index (Phi) is 5.72. The van der Waals surface area contributed by atoms with E-state index in [-0.39, 0.29) is 22.5 Å². The zero-order chi connectivity index (χ0) is 18.7. The fraction of sp³-hybridized carbons (Fsp3) is 0.353. The van der Waals surface area contributed by atoms with Crippen LogP contribution in [0, 0.1) is 0 Å². The molecule has 25 heavy (non-hydrogen) atoms. The highest BCUT2D eigenvalue weighted by molar-refractivity contribution is 7.99. The predicted molar refractivity (Wildman–Crippen MR) is 91.1 cm³/mol. The Labute approximate surface area is 148 Å². The minimum atomic E-state index is -4.59. The summed E-state index contributed by atoms with van der Waals surface area (Å²) in [6, 6.07) is 9.45. The smallest absolute Gasteiger partial charge is 0.351 e. The van der Waals surface area contributed by atoms with Gasteiger partial charge >= 0.3 is 6.18 Å². The molecule has 134 valence electrons. The van der Waals surface area contributed by atoms with E-state index in [0.29, 0.717) is 5.56 Å². The van der Waals surface area contributed by atoms with Gasteiger partial charge in [-0.15, -0.1) is 0 Å². The topological polar surface area (TPSA) is 54.9 Å². The first-order chi connectivity index (χ1) is 11.5. The van der Waals surface area contributed by atoms with Gasteiger partial charge in [-0.25, -0.2) is 9.97 Å². The first-order valence-corrected chi connectivity index (χ1v) is 8.49. The number of rotatable bonds is 4. The number of thioether (sulfide) groups is 1. The van der Waals surface area contributed by atoms with Gasteiger partial charge in [-0.3, -0.25) is 4.79 Å². The van der Waals surface area contributed by atoms with Gasteiger partial charge in [0.05, 0.1) is 11.4 Å². The molecule has 0 bridgehead atoms. The maximum absolute atomic E-state index is 13.1. The van der Waals surface area contributed by atoms with E-state index in [1.54, 1.807) is 30.3 Å². The third kappa shape index (κ3) is 6.04. The monoisotopic (exact) mass is 369 g/mol. The molecule has 1 heterocycles. The van der Waals surface area contributed by atoms with Crippen molar-refractivity contribution in [3.8, 4) is 11.3 Å². The zero-order valence-corrected chi connectivity index (χ0v) is 14.8. The molecule has 0 fully saturated rings. The van der Waals surface area contributed by atoms with Gasteiger partial charge in [-0.1, -0.05) is 42.1 Å². The van der Waals surface area contributed by atoms with Gasteiger partial charge in [0.2, 0.25) is 5.91 Å². The Hall–Kier alpha value is -2.09. The van der Waals surface area contributed by atoms with Gasteiger partial charge in [0.15, 0.2) is 5.16 Å². The number of nitrogens with one attached hydrogen (secondary N) is 1. The Balaban J connectivity index is 2.27. The second-order valence-electron chi connectivity index (χ2n) is 6.37. The minimum Gasteiger partial charge on any atom is -0.351 e. The fourth-order valence-electron chi connectivity index (χ4n) is 1.98. The number of nitrogens with zero attached hydrogens (tertiary/aromatic N) is 2. The van der Waals surface area contributed by atoms with Crippen molar-refractivity contribution in [1.29, 1.82) is 0 Å². The molecule has 0 aliphatic heterocycles. The molecular weight excluding hydrogens is 351 g/mol. The summed E-state index contributed by atoms with van der Waals surface area (Å²) in [6.07, 6.45) is -4.59. The molecular formula is C17H18F3N3OS. The molecule has 0 saturated carbocycles. The molecule has 2 aromatic rings. The maximum atomic E-state index is 13.1. The highest BCUT2D eigenvalue weighted by atomic mass is 32.2. The van der Waals surface area contributed by atoms with E-state index in [1.165, 1.54) is 0 Å². The summed E-state index contributed by atoms with van der Waals surface area (Å²) in [5.74, 6) is -0.355. The van der Waals surface area contributed by atoms with Crippen molar-refractivity contribution in [2.75, 3.05) is 5.75 Å². The van der Waals surface area contributed by atoms with Crippen LogP contribution in [0.1, 0.15) is 26.5 Å². The summed E-state index contributed by atoms with van der Waals surface area (Å²) in [6.45, 7) is 5.47. The summed E-state index contributed by atoms with van der Waals surface area (Å²) in [4.78, 5) is 19.6. The molecule has 4 nitrogen and oxygen atoms in total. The van der Waals surface area contributed by atoms with Crippen LogP contribution in [0.2, 0.25) is 0 Å². The van der Waals surface area contributed by atoms with Crippen molar-refractivity contribution in [3.05, 3.63) is 42.1 Å². The molecule has 0 radical (unpaired) electrons. The number of carbonyl (C=O) groups is 1. The van der Waals surface area contributed by atoms with Gasteiger partial charge in [0, 0.05) is 11.1 Å². The average molecular weight is 369 g/mol. The molecule has 1 aromatic heterocycles. The lowest BCUT2D eigenvalue weighted by atomic mass is 10.1. The molecule has 0 atom stereocenters. The van der Waals surface area contributed by atoms with Crippen molar-refractivity contribution < 1.29 is 18.0 Å². The summed E-state index contributed by atoms with van der Waals surface area (Å²) < 4.78 is 39.3. The average Bonchev–Trinajstić information content (AvgIpc) is 2.51. The summed E-state index contributed by atoms with van der Waals surface area (Å²) in [7, 11) is 0. The first-order valence-electron chi connectivity index (χ1n) is 7.50. The molecule has 1 aromatic carbocycles. The Morgan fingerprint density at radius 2 is 1.76 bits per heavy atom. The van der Waals surface area contributed by atoms with E-state index in [0.717, 1.165) is 17.8 Å². The Morgan fingerprint density at radius 3 is 2.32 bits per heavy atom. The van der Waals surface area contributed by atoms with Gasteiger partial charge in [-0.05, 0) is 26.8 Å². The molecule has 1 amide bonds. The number of hydrogen-bond donors (Lipinski definition) is 1. The van der Waals surface area contributed by atoms with Crippen LogP contribution in [-0.4, -0.2) is 27.2 Å². The Bertz CT molecular complexity index is 743. The van der Waals surface area contributed by atoms with E-state index in [2.05, 4.69) is 15.3 Å². The highest BCUT2D eigenvalue weighted by Crippen LogP contribution is 2.31. The Morgan fingerprint density at radius 1 is 1.12 bits per heavy atom. The second kappa shape index (κ2) is 7.43. The number of carbonyl (C=O) groups excluding carboxylic acids is 1. The van der Waals surface area contributed by atoms with Gasteiger partial charge < -0.3 is 5.32 Å². The largest absolute Gasteiger partial charge is 0.433 e. The van der Waals surface area contributed by atoms with Crippen molar-refractivity contribution in [2.24, 2.45) is 0 Å². The quantitative estimate of drug-likeness (QED) is 0.649. The number of benzene rings is 1. The van der Waals surface area contributed by atoms with Crippen molar-refractivity contribution >= 4 is 17.7 Å². The number of aromatic nitrogens is 2. The fourth-order valence-corrected chi connectivity index (χ4v) is 2.63. The lowest BCUT2D eigenvalue weighted by Crippen LogP contribution is -2.41. The van der Waals surface area contributed by atoms with Crippen LogP contribution in [0.4, 0.5) is 13.2 Å². The molecule has 0 unspecified atom stereocenters. The second-order valence-corrected chi connectivity index (χ2v) is 7.31. The van der Waals surface area contributed by atoms with Crippen molar-refractivity contribution in [3.63, 3.8) is 0 Å². The maximum Gasteiger partial charge on any atom is 0.433 e. The van der Waals surface area contributed by atoms with Crippen LogP contribution >= 0.6 is 11.8 Å². The highest BCUT2D eigenvalue weighted by Gasteiger charge is 2.34. The van der Waals surface area contributed by atoms with Crippen molar-refractivity contribution in [1.82, 2.24) is 15.3 Å². The van der Waals surface area contributed by atoms with Crippen LogP contribution < -0.4 is 5.32 Å². The summed E-state index contributed by atoms with van der Waals surface area (Å²) in [5.41, 5.74) is -0.722. The summed E-state index contributed by atoms with van der Waals surface area (Å²) in [5, 5.41) is 2.66. The third-order valence-corrected chi connectivity index (χ3v) is 3.76. The van der Waals surface area contributed by atoms with E-state index in [4.69, 9.17) is 0 Å². The van der Waals surface area contributed by atoms with Crippen LogP contribution in [0.25, 0.3) is 11.3 Å². The van der Waals surface area contributed by atoms with E-state index in [1.807, 2.05) is 20.8 Å². The van der Waals surface area contributed by atoms with E-state index in [9.17, 15) is 18.0 Å². The van der Waals surface area contributed by atoms with Crippen LogP contribution in [0.15, 0.2) is 41.6 Å². The molecule has 0 spiro atoms. The molecule has 1 N–H and O–H groups in total. The number of halogens is 3. The van der Waals surface area contributed by atoms with E-state index < -0.39 is 17.4 Å².